The third-order valence-corrected chi connectivity index (χ3v) is 4.84. The van der Waals surface area contributed by atoms with Crippen LogP contribution in [-0.4, -0.2) is 63.7 Å². The maximum Gasteiger partial charge on any atom is 0.313 e. The zero-order valence-electron chi connectivity index (χ0n) is 14.9. The van der Waals surface area contributed by atoms with Gasteiger partial charge in [0, 0.05) is 20.2 Å². The lowest BCUT2D eigenvalue weighted by molar-refractivity contribution is -0.155. The van der Waals surface area contributed by atoms with Crippen molar-refractivity contribution in [2.75, 3.05) is 26.8 Å². The Morgan fingerprint density at radius 2 is 2.04 bits per heavy atom. The van der Waals surface area contributed by atoms with Gasteiger partial charge >= 0.3 is 5.97 Å². The van der Waals surface area contributed by atoms with E-state index < -0.39 is 11.4 Å². The van der Waals surface area contributed by atoms with E-state index in [2.05, 4.69) is 10.3 Å². The average molecular weight is 358 g/mol. The lowest BCUT2D eigenvalue weighted by atomic mass is 9.80. The highest BCUT2D eigenvalue weighted by atomic mass is 16.5. The summed E-state index contributed by atoms with van der Waals surface area (Å²) < 4.78 is 6.72. The van der Waals surface area contributed by atoms with Gasteiger partial charge in [-0.15, -0.1) is 5.10 Å². The predicted octanol–water partition coefficient (Wildman–Crippen LogP) is 1.53. The molecule has 1 fully saturated rings. The van der Waals surface area contributed by atoms with Crippen molar-refractivity contribution in [1.29, 1.82) is 0 Å². The van der Waals surface area contributed by atoms with E-state index in [-0.39, 0.29) is 24.8 Å². The third-order valence-electron chi connectivity index (χ3n) is 4.84. The first kappa shape index (κ1) is 18.1. The van der Waals surface area contributed by atoms with E-state index >= 15 is 0 Å². The zero-order chi connectivity index (χ0) is 18.7. The number of carbonyl (C=O) groups excluding carboxylic acids is 1. The van der Waals surface area contributed by atoms with E-state index in [4.69, 9.17) is 4.74 Å². The quantitative estimate of drug-likeness (QED) is 0.870. The van der Waals surface area contributed by atoms with Crippen molar-refractivity contribution in [3.05, 3.63) is 41.7 Å². The minimum Gasteiger partial charge on any atom is -0.481 e. The Bertz CT molecular complexity index is 801. The number of hydrogen-bond acceptors (Lipinski definition) is 5. The number of carboxylic acid groups (broad SMARTS) is 1. The fraction of sp³-hybridized carbons (Fsp3) is 0.444. The number of carboxylic acids is 1. The Balaban J connectivity index is 1.86. The molecular formula is C18H22N4O4. The molecule has 26 heavy (non-hydrogen) atoms. The highest BCUT2D eigenvalue weighted by Crippen LogP contribution is 2.31. The summed E-state index contributed by atoms with van der Waals surface area (Å²) in [5.41, 5.74) is 0.604. The van der Waals surface area contributed by atoms with E-state index in [9.17, 15) is 14.7 Å². The van der Waals surface area contributed by atoms with Crippen LogP contribution in [0.5, 0.6) is 0 Å². The smallest absolute Gasteiger partial charge is 0.313 e. The molecule has 1 unspecified atom stereocenters. The number of para-hydroxylation sites is 1. The summed E-state index contributed by atoms with van der Waals surface area (Å²) >= 11 is 0. The van der Waals surface area contributed by atoms with Gasteiger partial charge < -0.3 is 14.7 Å². The van der Waals surface area contributed by atoms with Crippen LogP contribution in [0.4, 0.5) is 0 Å². The molecule has 2 heterocycles. The van der Waals surface area contributed by atoms with Crippen LogP contribution in [0.1, 0.15) is 29.0 Å². The molecule has 8 nitrogen and oxygen atoms in total. The first-order valence-corrected chi connectivity index (χ1v) is 8.48. The van der Waals surface area contributed by atoms with Crippen LogP contribution >= 0.6 is 0 Å². The van der Waals surface area contributed by atoms with Crippen LogP contribution in [0.3, 0.4) is 0 Å². The fourth-order valence-corrected chi connectivity index (χ4v) is 3.43. The summed E-state index contributed by atoms with van der Waals surface area (Å²) in [6.45, 7) is 2.45. The van der Waals surface area contributed by atoms with Crippen molar-refractivity contribution in [3.8, 4) is 5.69 Å². The standard InChI is InChI=1S/C18H22N4O4/c1-13-15(19-20-22(13)14-7-4-3-5-8-14)16(23)21-10-6-9-18(11-21,12-26-2)17(24)25/h3-5,7-8H,6,9-12H2,1-2H3,(H,24,25). The van der Waals surface area contributed by atoms with E-state index in [1.165, 1.54) is 7.11 Å². The van der Waals surface area contributed by atoms with Gasteiger partial charge in [0.15, 0.2) is 5.69 Å². The van der Waals surface area contributed by atoms with Crippen molar-refractivity contribution >= 4 is 11.9 Å². The van der Waals surface area contributed by atoms with Crippen LogP contribution in [0.25, 0.3) is 5.69 Å². The molecule has 1 aliphatic heterocycles. The summed E-state index contributed by atoms with van der Waals surface area (Å²) in [5, 5.41) is 17.8. The SMILES string of the molecule is COCC1(C(=O)O)CCCN(C(=O)c2nnn(-c3ccccc3)c2C)C1. The number of ether oxygens (including phenoxy) is 1. The van der Waals surface area contributed by atoms with Gasteiger partial charge in [0.05, 0.1) is 18.0 Å². The number of likely N-dealkylation sites (tertiary alicyclic amines) is 1. The number of piperidine rings is 1. The molecule has 0 spiro atoms. The molecule has 2 aromatic rings. The summed E-state index contributed by atoms with van der Waals surface area (Å²) in [5.74, 6) is -1.24. The molecule has 1 amide bonds. The number of hydrogen-bond donors (Lipinski definition) is 1. The Morgan fingerprint density at radius 3 is 2.69 bits per heavy atom. The largest absolute Gasteiger partial charge is 0.481 e. The molecule has 138 valence electrons. The maximum atomic E-state index is 13.0. The number of carbonyl (C=O) groups is 2. The Hall–Kier alpha value is -2.74. The lowest BCUT2D eigenvalue weighted by Crippen LogP contribution is -2.52. The van der Waals surface area contributed by atoms with Crippen LogP contribution in [0.2, 0.25) is 0 Å². The van der Waals surface area contributed by atoms with Gasteiger partial charge in [-0.3, -0.25) is 9.59 Å². The number of aliphatic carboxylic acids is 1. The molecule has 0 aliphatic carbocycles. The summed E-state index contributed by atoms with van der Waals surface area (Å²) in [4.78, 5) is 26.3. The van der Waals surface area contributed by atoms with Gasteiger partial charge in [-0.1, -0.05) is 23.4 Å². The molecule has 3 rings (SSSR count). The maximum absolute atomic E-state index is 13.0. The predicted molar refractivity (Wildman–Crippen MR) is 93.2 cm³/mol. The van der Waals surface area contributed by atoms with Gasteiger partial charge in [-0.2, -0.15) is 0 Å². The number of methoxy groups -OCH3 is 1. The normalized spacial score (nSPS) is 20.2. The minimum atomic E-state index is -1.08. The van der Waals surface area contributed by atoms with Gasteiger partial charge in [0.2, 0.25) is 0 Å². The molecule has 0 radical (unpaired) electrons. The molecular weight excluding hydrogens is 336 g/mol. The molecule has 1 aromatic carbocycles. The van der Waals surface area contributed by atoms with E-state index in [0.29, 0.717) is 25.1 Å². The summed E-state index contributed by atoms with van der Waals surface area (Å²) in [6, 6.07) is 9.43. The molecule has 1 aliphatic rings. The average Bonchev–Trinajstić information content (AvgIpc) is 3.03. The van der Waals surface area contributed by atoms with Crippen molar-refractivity contribution in [3.63, 3.8) is 0 Å². The van der Waals surface area contributed by atoms with Crippen LogP contribution in [-0.2, 0) is 9.53 Å². The number of rotatable bonds is 5. The van der Waals surface area contributed by atoms with E-state index in [0.717, 1.165) is 5.69 Å². The number of benzene rings is 1. The van der Waals surface area contributed by atoms with E-state index in [1.54, 1.807) is 16.5 Å². The van der Waals surface area contributed by atoms with Crippen LogP contribution < -0.4 is 0 Å². The highest BCUT2D eigenvalue weighted by molar-refractivity contribution is 5.94. The Labute approximate surface area is 151 Å². The fourth-order valence-electron chi connectivity index (χ4n) is 3.43. The highest BCUT2D eigenvalue weighted by Gasteiger charge is 2.44. The second-order valence-corrected chi connectivity index (χ2v) is 6.62. The summed E-state index contributed by atoms with van der Waals surface area (Å²) in [6.07, 6.45) is 1.09. The van der Waals surface area contributed by atoms with Crippen LogP contribution in [0.15, 0.2) is 30.3 Å². The molecule has 1 N–H and O–H groups in total. The Morgan fingerprint density at radius 1 is 1.31 bits per heavy atom. The number of aromatic nitrogens is 3. The van der Waals surface area contributed by atoms with Gasteiger partial charge in [-0.05, 0) is 31.9 Å². The topological polar surface area (TPSA) is 97.6 Å². The second-order valence-electron chi connectivity index (χ2n) is 6.62. The van der Waals surface area contributed by atoms with Gasteiger partial charge in [0.25, 0.3) is 5.91 Å². The van der Waals surface area contributed by atoms with Gasteiger partial charge in [0.1, 0.15) is 5.41 Å². The number of nitrogens with zero attached hydrogens (tertiary/aromatic N) is 4. The second kappa shape index (κ2) is 7.25. The molecule has 8 heteroatoms. The minimum absolute atomic E-state index is 0.0712. The van der Waals surface area contributed by atoms with Crippen LogP contribution in [0, 0.1) is 12.3 Å². The molecule has 0 saturated carbocycles. The lowest BCUT2D eigenvalue weighted by Gasteiger charge is -2.39. The van der Waals surface area contributed by atoms with Crippen molar-refractivity contribution < 1.29 is 19.4 Å². The third kappa shape index (κ3) is 3.20. The molecule has 1 aromatic heterocycles. The molecule has 1 saturated heterocycles. The number of amides is 1. The molecule has 0 bridgehead atoms. The van der Waals surface area contributed by atoms with Crippen molar-refractivity contribution in [2.24, 2.45) is 5.41 Å². The van der Waals surface area contributed by atoms with Crippen molar-refractivity contribution in [2.45, 2.75) is 19.8 Å². The van der Waals surface area contributed by atoms with Crippen molar-refractivity contribution in [1.82, 2.24) is 19.9 Å². The Kier molecular flexibility index (Phi) is 5.03. The summed E-state index contributed by atoms with van der Waals surface area (Å²) in [7, 11) is 1.47. The molecule has 1 atom stereocenters. The first-order chi connectivity index (χ1) is 12.5. The first-order valence-electron chi connectivity index (χ1n) is 8.48. The zero-order valence-corrected chi connectivity index (χ0v) is 14.9. The van der Waals surface area contributed by atoms with Gasteiger partial charge in [-0.25, -0.2) is 4.68 Å². The van der Waals surface area contributed by atoms with E-state index in [1.807, 2.05) is 30.3 Å². The monoisotopic (exact) mass is 358 g/mol.